The minimum absolute atomic E-state index is 0.0447. The fourth-order valence-electron chi connectivity index (χ4n) is 4.68. The van der Waals surface area contributed by atoms with E-state index in [1.54, 1.807) is 4.68 Å². The molecule has 2 aliphatic rings. The summed E-state index contributed by atoms with van der Waals surface area (Å²) in [6.45, 7) is 12.4. The van der Waals surface area contributed by atoms with Crippen molar-refractivity contribution in [2.24, 2.45) is 5.92 Å². The van der Waals surface area contributed by atoms with E-state index in [9.17, 15) is 4.79 Å². The molecule has 1 N–H and O–H groups in total. The number of amides is 1. The summed E-state index contributed by atoms with van der Waals surface area (Å²) in [6, 6.07) is 8.54. The molecule has 0 saturated carbocycles. The average Bonchev–Trinajstić information content (AvgIpc) is 3.18. The lowest BCUT2D eigenvalue weighted by atomic mass is 9.96. The first-order valence-electron chi connectivity index (χ1n) is 11.1. The monoisotopic (exact) mass is 410 g/mol. The number of benzene rings is 1. The van der Waals surface area contributed by atoms with Gasteiger partial charge in [-0.2, -0.15) is 5.10 Å². The molecule has 1 amide bonds. The van der Waals surface area contributed by atoms with Gasteiger partial charge in [0.05, 0.1) is 5.69 Å². The van der Waals surface area contributed by atoms with Gasteiger partial charge in [0.25, 0.3) is 0 Å². The second kappa shape index (κ2) is 8.42. The third-order valence-electron chi connectivity index (χ3n) is 6.26. The molecule has 2 aliphatic heterocycles. The fourth-order valence-corrected chi connectivity index (χ4v) is 4.68. The predicted molar refractivity (Wildman–Crippen MR) is 118 cm³/mol. The van der Waals surface area contributed by atoms with Gasteiger partial charge >= 0.3 is 0 Å². The molecule has 0 atom stereocenters. The van der Waals surface area contributed by atoms with Gasteiger partial charge in [0.15, 0.2) is 0 Å². The van der Waals surface area contributed by atoms with E-state index >= 15 is 0 Å². The number of para-hydroxylation sites is 1. The van der Waals surface area contributed by atoms with E-state index in [-0.39, 0.29) is 11.5 Å². The van der Waals surface area contributed by atoms with Crippen LogP contribution in [0.15, 0.2) is 24.3 Å². The first-order valence-corrected chi connectivity index (χ1v) is 11.1. The molecule has 6 nitrogen and oxygen atoms in total. The highest BCUT2D eigenvalue weighted by molar-refractivity contribution is 5.75. The molecule has 0 unspecified atom stereocenters. The Morgan fingerprint density at radius 2 is 2.03 bits per heavy atom. The Hall–Kier alpha value is -2.34. The maximum absolute atomic E-state index is 12.3. The van der Waals surface area contributed by atoms with Gasteiger partial charge in [0.1, 0.15) is 17.9 Å². The Bertz CT molecular complexity index is 910. The predicted octanol–water partition coefficient (Wildman–Crippen LogP) is 3.24. The summed E-state index contributed by atoms with van der Waals surface area (Å²) >= 11 is 0. The quantitative estimate of drug-likeness (QED) is 0.794. The fraction of sp³-hybridized carbons (Fsp3) is 0.583. The van der Waals surface area contributed by atoms with Crippen LogP contribution in [0.3, 0.4) is 0 Å². The van der Waals surface area contributed by atoms with Crippen LogP contribution in [0.1, 0.15) is 49.2 Å². The number of piperidine rings is 1. The van der Waals surface area contributed by atoms with Gasteiger partial charge < -0.3 is 10.1 Å². The lowest BCUT2D eigenvalue weighted by molar-refractivity contribution is -0.122. The number of likely N-dealkylation sites (tertiary alicyclic amines) is 1. The Labute approximate surface area is 179 Å². The molecule has 0 bridgehead atoms. The highest BCUT2D eigenvalue weighted by Gasteiger charge is 2.32. The number of fused-ring (bicyclic) bond motifs is 1. The highest BCUT2D eigenvalue weighted by Crippen LogP contribution is 2.38. The van der Waals surface area contributed by atoms with Crippen LogP contribution < -0.4 is 10.1 Å². The second-order valence-electron chi connectivity index (χ2n) is 9.55. The third-order valence-corrected chi connectivity index (χ3v) is 6.26. The minimum Gasteiger partial charge on any atom is -0.487 e. The van der Waals surface area contributed by atoms with Gasteiger partial charge in [0.2, 0.25) is 5.91 Å². The van der Waals surface area contributed by atoms with Crippen LogP contribution in [-0.2, 0) is 24.3 Å². The van der Waals surface area contributed by atoms with E-state index in [1.807, 2.05) is 19.9 Å². The normalized spacial score (nSPS) is 18.8. The molecule has 0 spiro atoms. The Kier molecular flexibility index (Phi) is 5.87. The summed E-state index contributed by atoms with van der Waals surface area (Å²) in [5.74, 6) is 1.69. The molecule has 6 heteroatoms. The molecule has 3 heterocycles. The number of aromatic nitrogens is 2. The smallest absolute Gasteiger partial charge is 0.241 e. The van der Waals surface area contributed by atoms with Crippen molar-refractivity contribution in [2.75, 3.05) is 19.6 Å². The number of carbonyl (C=O) groups excluding carboxylic acids is 1. The summed E-state index contributed by atoms with van der Waals surface area (Å²) in [6.07, 6.45) is 3.21. The maximum Gasteiger partial charge on any atom is 0.241 e. The van der Waals surface area contributed by atoms with Crippen LogP contribution in [0.25, 0.3) is 0 Å². The van der Waals surface area contributed by atoms with Crippen molar-refractivity contribution < 1.29 is 9.53 Å². The molecule has 4 rings (SSSR count). The van der Waals surface area contributed by atoms with E-state index in [0.717, 1.165) is 62.6 Å². The molecule has 30 heavy (non-hydrogen) atoms. The van der Waals surface area contributed by atoms with Crippen LogP contribution in [0, 0.1) is 19.8 Å². The number of aryl methyl sites for hydroxylation is 2. The van der Waals surface area contributed by atoms with Gasteiger partial charge in [-0.25, -0.2) is 0 Å². The van der Waals surface area contributed by atoms with Crippen molar-refractivity contribution in [1.29, 1.82) is 0 Å². The summed E-state index contributed by atoms with van der Waals surface area (Å²) in [5.41, 5.74) is 4.51. The Morgan fingerprint density at radius 1 is 1.27 bits per heavy atom. The van der Waals surface area contributed by atoms with Crippen LogP contribution in [0.5, 0.6) is 5.75 Å². The summed E-state index contributed by atoms with van der Waals surface area (Å²) < 4.78 is 8.00. The molecule has 1 aromatic carbocycles. The molecular weight excluding hydrogens is 376 g/mol. The Morgan fingerprint density at radius 3 is 2.73 bits per heavy atom. The van der Waals surface area contributed by atoms with Crippen LogP contribution >= 0.6 is 0 Å². The number of rotatable bonds is 6. The molecule has 162 valence electrons. The number of nitrogens with zero attached hydrogens (tertiary/aromatic N) is 3. The van der Waals surface area contributed by atoms with Crippen LogP contribution in [-0.4, -0.2) is 45.8 Å². The van der Waals surface area contributed by atoms with Crippen molar-refractivity contribution >= 4 is 5.91 Å². The van der Waals surface area contributed by atoms with E-state index in [2.05, 4.69) is 47.4 Å². The zero-order chi connectivity index (χ0) is 21.3. The highest BCUT2D eigenvalue weighted by atomic mass is 16.5. The van der Waals surface area contributed by atoms with Crippen molar-refractivity contribution in [3.05, 3.63) is 46.8 Å². The second-order valence-corrected chi connectivity index (χ2v) is 9.55. The number of hydrogen-bond donors (Lipinski definition) is 1. The SMILES string of the molecule is Cc1cc(C)n(CC(=O)NCC2CCN(Cc3cccc4c3OC(C)(C)C4)CC2)n1. The molecule has 1 saturated heterocycles. The van der Waals surface area contributed by atoms with Crippen molar-refractivity contribution in [2.45, 2.75) is 65.6 Å². The first kappa shape index (κ1) is 20.9. The first-order chi connectivity index (χ1) is 14.3. The Balaban J connectivity index is 1.23. The van der Waals surface area contributed by atoms with Crippen LogP contribution in [0.2, 0.25) is 0 Å². The van der Waals surface area contributed by atoms with Gasteiger partial charge in [-0.3, -0.25) is 14.4 Å². The average molecular weight is 411 g/mol. The molecule has 1 fully saturated rings. The van der Waals surface area contributed by atoms with Crippen molar-refractivity contribution in [3.63, 3.8) is 0 Å². The zero-order valence-electron chi connectivity index (χ0n) is 18.7. The van der Waals surface area contributed by atoms with Crippen molar-refractivity contribution in [1.82, 2.24) is 20.0 Å². The van der Waals surface area contributed by atoms with Gasteiger partial charge in [-0.15, -0.1) is 0 Å². The molecule has 0 radical (unpaired) electrons. The van der Waals surface area contributed by atoms with E-state index in [1.165, 1.54) is 11.1 Å². The summed E-state index contributed by atoms with van der Waals surface area (Å²) in [5, 5.41) is 7.47. The van der Waals surface area contributed by atoms with Gasteiger partial charge in [0, 0.05) is 30.8 Å². The topological polar surface area (TPSA) is 59.4 Å². The lowest BCUT2D eigenvalue weighted by Crippen LogP contribution is -2.39. The lowest BCUT2D eigenvalue weighted by Gasteiger charge is -2.32. The number of hydrogen-bond acceptors (Lipinski definition) is 4. The summed E-state index contributed by atoms with van der Waals surface area (Å²) in [4.78, 5) is 14.8. The zero-order valence-corrected chi connectivity index (χ0v) is 18.7. The standard InChI is InChI=1S/C24H34N4O2/c1-17-12-18(2)28(26-17)16-22(29)25-14-19-8-10-27(11-9-19)15-21-7-5-6-20-13-24(3,4)30-23(20)21/h5-7,12,19H,8-11,13-16H2,1-4H3,(H,25,29). The maximum atomic E-state index is 12.3. The largest absolute Gasteiger partial charge is 0.487 e. The third kappa shape index (κ3) is 4.86. The molecular formula is C24H34N4O2. The molecule has 2 aromatic rings. The van der Waals surface area contributed by atoms with E-state index in [0.29, 0.717) is 12.5 Å². The van der Waals surface area contributed by atoms with Crippen LogP contribution in [0.4, 0.5) is 0 Å². The molecule has 1 aromatic heterocycles. The number of ether oxygens (including phenoxy) is 1. The minimum atomic E-state index is -0.100. The van der Waals surface area contributed by atoms with Gasteiger partial charge in [-0.05, 0) is 71.2 Å². The van der Waals surface area contributed by atoms with E-state index < -0.39 is 0 Å². The summed E-state index contributed by atoms with van der Waals surface area (Å²) in [7, 11) is 0. The number of nitrogens with one attached hydrogen (secondary N) is 1. The van der Waals surface area contributed by atoms with E-state index in [4.69, 9.17) is 4.74 Å². The van der Waals surface area contributed by atoms with Crippen molar-refractivity contribution in [3.8, 4) is 5.75 Å². The van der Waals surface area contributed by atoms with Gasteiger partial charge in [-0.1, -0.05) is 18.2 Å². The molecule has 0 aliphatic carbocycles. The number of carbonyl (C=O) groups is 1.